The van der Waals surface area contributed by atoms with Gasteiger partial charge in [0.05, 0.1) is 0 Å². The van der Waals surface area contributed by atoms with Crippen molar-refractivity contribution >= 4 is 21.6 Å². The summed E-state index contributed by atoms with van der Waals surface area (Å²) in [7, 11) is -3.53. The molecule has 0 amide bonds. The Morgan fingerprint density at radius 1 is 1.53 bits per heavy atom. The molecule has 0 aliphatic carbocycles. The van der Waals surface area contributed by atoms with Crippen LogP contribution >= 0.6 is 11.6 Å². The number of aromatic nitrogens is 1. The van der Waals surface area contributed by atoms with Crippen molar-refractivity contribution in [2.75, 3.05) is 6.54 Å². The van der Waals surface area contributed by atoms with Gasteiger partial charge in [-0.25, -0.2) is 18.1 Å². The number of aryl methyl sites for hydroxylation is 1. The van der Waals surface area contributed by atoms with E-state index in [4.69, 9.17) is 11.6 Å². The molecule has 0 aliphatic heterocycles. The minimum atomic E-state index is -3.53. The molecule has 1 N–H and O–H groups in total. The predicted octanol–water partition coefficient (Wildman–Crippen LogP) is 1.73. The third-order valence-corrected chi connectivity index (χ3v) is 3.90. The first-order valence-corrected chi connectivity index (χ1v) is 6.46. The van der Waals surface area contributed by atoms with Crippen LogP contribution in [-0.2, 0) is 10.0 Å². The highest BCUT2D eigenvalue weighted by atomic mass is 35.5. The summed E-state index contributed by atoms with van der Waals surface area (Å²) >= 11 is 5.76. The monoisotopic (exact) mass is 248 g/mol. The van der Waals surface area contributed by atoms with E-state index >= 15 is 0 Å². The van der Waals surface area contributed by atoms with Gasteiger partial charge in [0.15, 0.2) is 0 Å². The number of nitrogens with zero attached hydrogens (tertiary/aromatic N) is 1. The van der Waals surface area contributed by atoms with Crippen LogP contribution in [-0.4, -0.2) is 19.9 Å². The Morgan fingerprint density at radius 3 is 2.73 bits per heavy atom. The number of rotatable bonds is 4. The van der Waals surface area contributed by atoms with Crippen LogP contribution in [0.15, 0.2) is 17.2 Å². The van der Waals surface area contributed by atoms with E-state index in [0.717, 1.165) is 6.42 Å². The first-order valence-electron chi connectivity index (χ1n) is 4.60. The highest BCUT2D eigenvalue weighted by molar-refractivity contribution is 7.89. The summed E-state index contributed by atoms with van der Waals surface area (Å²) in [6.07, 6.45) is 2.21. The van der Waals surface area contributed by atoms with E-state index in [2.05, 4.69) is 9.71 Å². The van der Waals surface area contributed by atoms with Gasteiger partial charge in [-0.1, -0.05) is 18.5 Å². The zero-order chi connectivity index (χ0) is 11.5. The summed E-state index contributed by atoms with van der Waals surface area (Å²) in [5.74, 6) is 0. The summed E-state index contributed by atoms with van der Waals surface area (Å²) in [6.45, 7) is 3.97. The molecule has 84 valence electrons. The second-order valence-corrected chi connectivity index (χ2v) is 5.21. The number of halogens is 1. The average molecular weight is 249 g/mol. The topological polar surface area (TPSA) is 59.1 Å². The van der Waals surface area contributed by atoms with Gasteiger partial charge in [0.2, 0.25) is 10.0 Å². The van der Waals surface area contributed by atoms with Gasteiger partial charge >= 0.3 is 0 Å². The number of hydrogen-bond donors (Lipinski definition) is 1. The van der Waals surface area contributed by atoms with Gasteiger partial charge in [-0.2, -0.15) is 0 Å². The number of nitrogens with one attached hydrogen (secondary N) is 1. The Labute approximate surface area is 94.7 Å². The van der Waals surface area contributed by atoms with Gasteiger partial charge in [0.1, 0.15) is 10.0 Å². The SMILES string of the molecule is CCCNS(=O)(=O)c1c(C)ccnc1Cl. The highest BCUT2D eigenvalue weighted by Gasteiger charge is 2.20. The average Bonchev–Trinajstić information content (AvgIpc) is 2.14. The van der Waals surface area contributed by atoms with Crippen LogP contribution in [0.2, 0.25) is 5.15 Å². The molecule has 0 fully saturated rings. The third-order valence-electron chi connectivity index (χ3n) is 1.87. The maximum atomic E-state index is 11.8. The highest BCUT2D eigenvalue weighted by Crippen LogP contribution is 2.21. The molecule has 0 aliphatic rings. The lowest BCUT2D eigenvalue weighted by molar-refractivity contribution is 0.580. The fourth-order valence-electron chi connectivity index (χ4n) is 1.14. The molecule has 0 aromatic carbocycles. The lowest BCUT2D eigenvalue weighted by Gasteiger charge is -2.09. The van der Waals surface area contributed by atoms with E-state index in [1.807, 2.05) is 6.92 Å². The Kier molecular flexibility index (Phi) is 4.07. The first kappa shape index (κ1) is 12.4. The molecule has 0 atom stereocenters. The maximum absolute atomic E-state index is 11.8. The molecule has 0 bridgehead atoms. The number of hydrogen-bond acceptors (Lipinski definition) is 3. The van der Waals surface area contributed by atoms with E-state index < -0.39 is 10.0 Å². The minimum Gasteiger partial charge on any atom is -0.243 e. The molecular formula is C9H13ClN2O2S. The van der Waals surface area contributed by atoms with Crippen LogP contribution in [0, 0.1) is 6.92 Å². The van der Waals surface area contributed by atoms with Crippen LogP contribution < -0.4 is 4.72 Å². The zero-order valence-electron chi connectivity index (χ0n) is 8.62. The van der Waals surface area contributed by atoms with Crippen molar-refractivity contribution in [2.45, 2.75) is 25.2 Å². The van der Waals surface area contributed by atoms with Gasteiger partial charge in [0.25, 0.3) is 0 Å². The van der Waals surface area contributed by atoms with Gasteiger partial charge in [-0.3, -0.25) is 0 Å². The lowest BCUT2D eigenvalue weighted by Crippen LogP contribution is -2.25. The van der Waals surface area contributed by atoms with Gasteiger partial charge < -0.3 is 0 Å². The maximum Gasteiger partial charge on any atom is 0.243 e. The molecule has 0 saturated carbocycles. The van der Waals surface area contributed by atoms with Crippen LogP contribution in [0.4, 0.5) is 0 Å². The second-order valence-electron chi connectivity index (χ2n) is 3.15. The molecule has 1 aromatic rings. The van der Waals surface area contributed by atoms with Crippen molar-refractivity contribution in [3.8, 4) is 0 Å². The van der Waals surface area contributed by atoms with Gasteiger partial charge in [-0.05, 0) is 25.0 Å². The molecule has 15 heavy (non-hydrogen) atoms. The standard InChI is InChI=1S/C9H13ClN2O2S/c1-3-5-12-15(13,14)8-7(2)4-6-11-9(8)10/h4,6,12H,3,5H2,1-2H3. The largest absolute Gasteiger partial charge is 0.243 e. The number of sulfonamides is 1. The zero-order valence-corrected chi connectivity index (χ0v) is 10.2. The molecule has 4 nitrogen and oxygen atoms in total. The molecule has 0 saturated heterocycles. The van der Waals surface area contributed by atoms with Crippen LogP contribution in [0.3, 0.4) is 0 Å². The fourth-order valence-corrected chi connectivity index (χ4v) is 3.04. The molecule has 1 heterocycles. The normalized spacial score (nSPS) is 11.7. The molecule has 0 unspecified atom stereocenters. The quantitative estimate of drug-likeness (QED) is 0.826. The van der Waals surface area contributed by atoms with E-state index in [1.54, 1.807) is 13.0 Å². The van der Waals surface area contributed by atoms with Crippen molar-refractivity contribution in [3.05, 3.63) is 23.0 Å². The smallest absolute Gasteiger partial charge is 0.243 e. The third kappa shape index (κ3) is 2.90. The Balaban J connectivity index is 3.15. The van der Waals surface area contributed by atoms with Crippen LogP contribution in [0.1, 0.15) is 18.9 Å². The minimum absolute atomic E-state index is 0.0126. The van der Waals surface area contributed by atoms with Crippen molar-refractivity contribution in [1.82, 2.24) is 9.71 Å². The van der Waals surface area contributed by atoms with Crippen molar-refractivity contribution in [3.63, 3.8) is 0 Å². The summed E-state index contributed by atoms with van der Waals surface area (Å²) in [4.78, 5) is 3.83. The fraction of sp³-hybridized carbons (Fsp3) is 0.444. The van der Waals surface area contributed by atoms with E-state index in [9.17, 15) is 8.42 Å². The Bertz CT molecular complexity index is 425. The second kappa shape index (κ2) is 4.92. The van der Waals surface area contributed by atoms with Gasteiger partial charge in [-0.15, -0.1) is 0 Å². The van der Waals surface area contributed by atoms with Crippen molar-refractivity contribution in [2.24, 2.45) is 0 Å². The molecule has 0 radical (unpaired) electrons. The molecule has 0 spiro atoms. The van der Waals surface area contributed by atoms with Crippen molar-refractivity contribution < 1.29 is 8.42 Å². The van der Waals surface area contributed by atoms with E-state index in [1.165, 1.54) is 6.20 Å². The summed E-state index contributed by atoms with van der Waals surface area (Å²) < 4.78 is 26.0. The van der Waals surface area contributed by atoms with Crippen LogP contribution in [0.25, 0.3) is 0 Å². The van der Waals surface area contributed by atoms with Gasteiger partial charge in [0, 0.05) is 12.7 Å². The summed E-state index contributed by atoms with van der Waals surface area (Å²) in [5.41, 5.74) is 0.596. The summed E-state index contributed by atoms with van der Waals surface area (Å²) in [6, 6.07) is 1.62. The molecule has 1 rings (SSSR count). The first-order chi connectivity index (χ1) is 6.99. The predicted molar refractivity (Wildman–Crippen MR) is 59.5 cm³/mol. The molecular weight excluding hydrogens is 236 g/mol. The molecule has 1 aromatic heterocycles. The summed E-state index contributed by atoms with van der Waals surface area (Å²) in [5, 5.41) is 0.0126. The Morgan fingerprint density at radius 2 is 2.20 bits per heavy atom. The van der Waals surface area contributed by atoms with E-state index in [0.29, 0.717) is 12.1 Å². The lowest BCUT2D eigenvalue weighted by atomic mass is 10.3. The molecule has 6 heteroatoms. The van der Waals surface area contributed by atoms with E-state index in [-0.39, 0.29) is 10.0 Å². The number of pyridine rings is 1. The van der Waals surface area contributed by atoms with Crippen molar-refractivity contribution in [1.29, 1.82) is 0 Å². The van der Waals surface area contributed by atoms with Crippen LogP contribution in [0.5, 0.6) is 0 Å². The Hall–Kier alpha value is -0.650.